The standard InChI is InChI=1S/C28H29N3O3/c1-3-33-25-10-6-7-11-26(25)34-17-16-30-24-9-5-4-8-23(24)29-28(30)21-18-27(32)31(19-21)22-14-12-20(2)13-15-22/h4-15,21H,3,16-19H2,1-2H3. The average Bonchev–Trinajstić information content (AvgIpc) is 3.41. The van der Waals surface area contributed by atoms with E-state index in [2.05, 4.69) is 17.6 Å². The Morgan fingerprint density at radius 1 is 0.941 bits per heavy atom. The summed E-state index contributed by atoms with van der Waals surface area (Å²) in [4.78, 5) is 19.7. The van der Waals surface area contributed by atoms with Crippen molar-refractivity contribution in [1.29, 1.82) is 0 Å². The van der Waals surface area contributed by atoms with Crippen LogP contribution >= 0.6 is 0 Å². The molecule has 6 nitrogen and oxygen atoms in total. The second-order valence-corrected chi connectivity index (χ2v) is 8.58. The third kappa shape index (κ3) is 4.36. The van der Waals surface area contributed by atoms with E-state index in [4.69, 9.17) is 14.5 Å². The molecule has 1 atom stereocenters. The number of anilines is 1. The van der Waals surface area contributed by atoms with Gasteiger partial charge in [-0.1, -0.05) is 42.0 Å². The van der Waals surface area contributed by atoms with Crippen LogP contribution in [0.4, 0.5) is 5.69 Å². The summed E-state index contributed by atoms with van der Waals surface area (Å²) >= 11 is 0. The number of amides is 1. The lowest BCUT2D eigenvalue weighted by Gasteiger charge is -2.18. The first-order valence-electron chi connectivity index (χ1n) is 11.8. The number of carbonyl (C=O) groups excluding carboxylic acids is 1. The van der Waals surface area contributed by atoms with E-state index >= 15 is 0 Å². The molecule has 2 heterocycles. The van der Waals surface area contributed by atoms with Gasteiger partial charge in [-0.05, 0) is 50.2 Å². The molecule has 5 rings (SSSR count). The zero-order valence-electron chi connectivity index (χ0n) is 19.6. The fourth-order valence-corrected chi connectivity index (χ4v) is 4.59. The first-order chi connectivity index (χ1) is 16.6. The number of fused-ring (bicyclic) bond motifs is 1. The number of hydrogen-bond donors (Lipinski definition) is 0. The molecule has 6 heteroatoms. The predicted octanol–water partition coefficient (Wildman–Crippen LogP) is 5.34. The maximum atomic E-state index is 12.9. The van der Waals surface area contributed by atoms with E-state index in [1.165, 1.54) is 5.56 Å². The minimum atomic E-state index is 0.0249. The average molecular weight is 456 g/mol. The van der Waals surface area contributed by atoms with Gasteiger partial charge in [0, 0.05) is 24.6 Å². The van der Waals surface area contributed by atoms with E-state index in [1.807, 2.05) is 78.6 Å². The van der Waals surface area contributed by atoms with Gasteiger partial charge in [-0.3, -0.25) is 4.79 Å². The molecular weight excluding hydrogens is 426 g/mol. The zero-order chi connectivity index (χ0) is 23.5. The Kier molecular flexibility index (Phi) is 6.21. The number of ether oxygens (including phenoxy) is 2. The van der Waals surface area contributed by atoms with Crippen LogP contribution in [0.5, 0.6) is 11.5 Å². The molecule has 1 saturated heterocycles. The number of benzene rings is 3. The van der Waals surface area contributed by atoms with Crippen LogP contribution in [0.1, 0.15) is 30.7 Å². The lowest BCUT2D eigenvalue weighted by Crippen LogP contribution is -2.24. The molecule has 4 aromatic rings. The number of carbonyl (C=O) groups is 1. The Bertz CT molecular complexity index is 1300. The molecule has 1 fully saturated rings. The van der Waals surface area contributed by atoms with Gasteiger partial charge in [0.2, 0.25) is 5.91 Å². The van der Waals surface area contributed by atoms with Gasteiger partial charge in [-0.2, -0.15) is 0 Å². The highest BCUT2D eigenvalue weighted by atomic mass is 16.5. The van der Waals surface area contributed by atoms with Gasteiger partial charge < -0.3 is 18.9 Å². The van der Waals surface area contributed by atoms with E-state index in [9.17, 15) is 4.79 Å². The lowest BCUT2D eigenvalue weighted by atomic mass is 10.1. The van der Waals surface area contributed by atoms with Gasteiger partial charge in [0.25, 0.3) is 0 Å². The molecule has 1 unspecified atom stereocenters. The SMILES string of the molecule is CCOc1ccccc1OCCn1c(C2CC(=O)N(c3ccc(C)cc3)C2)nc2ccccc21. The van der Waals surface area contributed by atoms with Crippen molar-refractivity contribution in [3.63, 3.8) is 0 Å². The van der Waals surface area contributed by atoms with Gasteiger partial charge in [-0.15, -0.1) is 0 Å². The molecule has 34 heavy (non-hydrogen) atoms. The molecule has 1 aliphatic rings. The minimum Gasteiger partial charge on any atom is -0.490 e. The predicted molar refractivity (Wildman–Crippen MR) is 134 cm³/mol. The number of imidazole rings is 1. The van der Waals surface area contributed by atoms with Crippen molar-refractivity contribution in [2.75, 3.05) is 24.7 Å². The number of hydrogen-bond acceptors (Lipinski definition) is 4. The second-order valence-electron chi connectivity index (χ2n) is 8.58. The van der Waals surface area contributed by atoms with Crippen molar-refractivity contribution >= 4 is 22.6 Å². The highest BCUT2D eigenvalue weighted by molar-refractivity contribution is 5.96. The van der Waals surface area contributed by atoms with Gasteiger partial charge >= 0.3 is 0 Å². The Balaban J connectivity index is 1.38. The van der Waals surface area contributed by atoms with Crippen LogP contribution < -0.4 is 14.4 Å². The van der Waals surface area contributed by atoms with Crippen LogP contribution in [0.25, 0.3) is 11.0 Å². The van der Waals surface area contributed by atoms with Gasteiger partial charge in [0.1, 0.15) is 12.4 Å². The van der Waals surface area contributed by atoms with E-state index in [1.54, 1.807) is 0 Å². The first-order valence-corrected chi connectivity index (χ1v) is 11.8. The minimum absolute atomic E-state index is 0.0249. The summed E-state index contributed by atoms with van der Waals surface area (Å²) in [5, 5.41) is 0. The molecule has 1 amide bonds. The fraction of sp³-hybridized carbons (Fsp3) is 0.286. The van der Waals surface area contributed by atoms with Crippen LogP contribution in [0.3, 0.4) is 0 Å². The highest BCUT2D eigenvalue weighted by Gasteiger charge is 2.34. The number of para-hydroxylation sites is 4. The van der Waals surface area contributed by atoms with E-state index in [-0.39, 0.29) is 11.8 Å². The van der Waals surface area contributed by atoms with Crippen molar-refractivity contribution in [2.45, 2.75) is 32.7 Å². The van der Waals surface area contributed by atoms with Gasteiger partial charge in [-0.25, -0.2) is 4.98 Å². The van der Waals surface area contributed by atoms with Crippen LogP contribution in [0, 0.1) is 6.92 Å². The van der Waals surface area contributed by atoms with Crippen LogP contribution in [-0.4, -0.2) is 35.2 Å². The third-order valence-electron chi connectivity index (χ3n) is 6.24. The van der Waals surface area contributed by atoms with E-state index in [0.717, 1.165) is 34.0 Å². The summed E-state index contributed by atoms with van der Waals surface area (Å²) in [6.07, 6.45) is 0.450. The molecule has 0 bridgehead atoms. The second kappa shape index (κ2) is 9.59. The largest absolute Gasteiger partial charge is 0.490 e. The molecular formula is C28H29N3O3. The lowest BCUT2D eigenvalue weighted by molar-refractivity contribution is -0.117. The highest BCUT2D eigenvalue weighted by Crippen LogP contribution is 2.33. The third-order valence-corrected chi connectivity index (χ3v) is 6.24. The van der Waals surface area contributed by atoms with Crippen molar-refractivity contribution in [2.24, 2.45) is 0 Å². The maximum absolute atomic E-state index is 12.9. The first kappa shape index (κ1) is 22.0. The number of nitrogens with zero attached hydrogens (tertiary/aromatic N) is 3. The van der Waals surface area contributed by atoms with Gasteiger partial charge in [0.05, 0.1) is 24.2 Å². The summed E-state index contributed by atoms with van der Waals surface area (Å²) in [6, 6.07) is 24.0. The Labute approximate surface area is 199 Å². The topological polar surface area (TPSA) is 56.6 Å². The summed E-state index contributed by atoms with van der Waals surface area (Å²) in [5.41, 5.74) is 4.12. The van der Waals surface area contributed by atoms with Crippen molar-refractivity contribution in [3.8, 4) is 11.5 Å². The summed E-state index contributed by atoms with van der Waals surface area (Å²) < 4.78 is 14.0. The zero-order valence-corrected chi connectivity index (χ0v) is 19.6. The quantitative estimate of drug-likeness (QED) is 0.360. The molecule has 0 spiro atoms. The number of aryl methyl sites for hydroxylation is 1. The Hall–Kier alpha value is -3.80. The number of rotatable bonds is 8. The summed E-state index contributed by atoms with van der Waals surface area (Å²) in [7, 11) is 0. The van der Waals surface area contributed by atoms with Crippen molar-refractivity contribution in [1.82, 2.24) is 9.55 Å². The monoisotopic (exact) mass is 455 g/mol. The molecule has 1 aromatic heterocycles. The Morgan fingerprint density at radius 3 is 2.41 bits per heavy atom. The maximum Gasteiger partial charge on any atom is 0.227 e. The summed E-state index contributed by atoms with van der Waals surface area (Å²) in [6.45, 7) is 6.33. The molecule has 1 aliphatic heterocycles. The van der Waals surface area contributed by atoms with E-state index < -0.39 is 0 Å². The molecule has 174 valence electrons. The normalized spacial score (nSPS) is 15.8. The van der Waals surface area contributed by atoms with Crippen molar-refractivity contribution < 1.29 is 14.3 Å². The molecule has 0 aliphatic carbocycles. The fourth-order valence-electron chi connectivity index (χ4n) is 4.59. The molecule has 0 saturated carbocycles. The van der Waals surface area contributed by atoms with Crippen LogP contribution in [0.15, 0.2) is 72.8 Å². The van der Waals surface area contributed by atoms with E-state index in [0.29, 0.717) is 32.7 Å². The van der Waals surface area contributed by atoms with Gasteiger partial charge in [0.15, 0.2) is 11.5 Å². The molecule has 3 aromatic carbocycles. The Morgan fingerprint density at radius 2 is 1.65 bits per heavy atom. The molecule has 0 radical (unpaired) electrons. The number of aromatic nitrogens is 2. The smallest absolute Gasteiger partial charge is 0.227 e. The van der Waals surface area contributed by atoms with Crippen LogP contribution in [-0.2, 0) is 11.3 Å². The summed E-state index contributed by atoms with van der Waals surface area (Å²) in [5.74, 6) is 2.57. The van der Waals surface area contributed by atoms with Crippen molar-refractivity contribution in [3.05, 3.63) is 84.2 Å². The molecule has 0 N–H and O–H groups in total. The van der Waals surface area contributed by atoms with Crippen LogP contribution in [0.2, 0.25) is 0 Å².